The zero-order chi connectivity index (χ0) is 17.9. The van der Waals surface area contributed by atoms with Gasteiger partial charge in [0.2, 0.25) is 0 Å². The molecule has 5 nitrogen and oxygen atoms in total. The maximum absolute atomic E-state index is 13.0. The van der Waals surface area contributed by atoms with Crippen molar-refractivity contribution >= 4 is 11.8 Å². The van der Waals surface area contributed by atoms with E-state index in [4.69, 9.17) is 4.52 Å². The van der Waals surface area contributed by atoms with E-state index in [1.165, 1.54) is 29.5 Å². The molecule has 0 aliphatic rings. The molecular formula is C19H15FN4OS. The second kappa shape index (κ2) is 7.13. The highest BCUT2D eigenvalue weighted by Gasteiger charge is 2.12. The molecule has 0 spiro atoms. The number of aryl methyl sites for hydroxylation is 1. The topological polar surface area (TPSA) is 56.7 Å². The molecule has 4 aromatic rings. The first-order valence-electron chi connectivity index (χ1n) is 8.01. The molecule has 0 aliphatic heterocycles. The minimum Gasteiger partial charge on any atom is -0.334 e. The van der Waals surface area contributed by atoms with Crippen molar-refractivity contribution in [3.63, 3.8) is 0 Å². The van der Waals surface area contributed by atoms with Crippen LogP contribution in [-0.2, 0) is 5.75 Å². The molecule has 0 radical (unpaired) electrons. The number of nitrogens with zero attached hydrogens (tertiary/aromatic N) is 4. The smallest absolute Gasteiger partial charge is 0.257 e. The van der Waals surface area contributed by atoms with Gasteiger partial charge in [0, 0.05) is 23.6 Å². The molecule has 130 valence electrons. The lowest BCUT2D eigenvalue weighted by atomic mass is 10.2. The second-order valence-corrected chi connectivity index (χ2v) is 6.67. The van der Waals surface area contributed by atoms with Gasteiger partial charge in [-0.1, -0.05) is 29.1 Å². The van der Waals surface area contributed by atoms with Crippen molar-refractivity contribution in [1.82, 2.24) is 19.7 Å². The number of benzene rings is 2. The summed E-state index contributed by atoms with van der Waals surface area (Å²) in [6, 6.07) is 14.2. The van der Waals surface area contributed by atoms with Crippen LogP contribution in [0.1, 0.15) is 11.4 Å². The summed E-state index contributed by atoms with van der Waals surface area (Å²) in [6.45, 7) is 2.06. The van der Waals surface area contributed by atoms with Gasteiger partial charge in [0.1, 0.15) is 5.82 Å². The Kier molecular flexibility index (Phi) is 4.53. The third-order valence-electron chi connectivity index (χ3n) is 3.78. The van der Waals surface area contributed by atoms with Gasteiger partial charge in [0.15, 0.2) is 11.0 Å². The van der Waals surface area contributed by atoms with E-state index < -0.39 is 0 Å². The quantitative estimate of drug-likeness (QED) is 0.481. The zero-order valence-corrected chi connectivity index (χ0v) is 14.8. The van der Waals surface area contributed by atoms with Gasteiger partial charge < -0.3 is 4.52 Å². The van der Waals surface area contributed by atoms with Gasteiger partial charge in [0.25, 0.3) is 5.89 Å². The Hall–Kier alpha value is -2.93. The molecule has 26 heavy (non-hydrogen) atoms. The summed E-state index contributed by atoms with van der Waals surface area (Å²) in [6.07, 6.45) is 3.70. The minimum atomic E-state index is -0.299. The largest absolute Gasteiger partial charge is 0.334 e. The molecule has 0 bridgehead atoms. The summed E-state index contributed by atoms with van der Waals surface area (Å²) in [5.74, 6) is 1.16. The second-order valence-electron chi connectivity index (χ2n) is 5.73. The number of hydrogen-bond acceptors (Lipinski definition) is 5. The van der Waals surface area contributed by atoms with E-state index in [0.29, 0.717) is 23.0 Å². The van der Waals surface area contributed by atoms with Crippen LogP contribution in [0.5, 0.6) is 0 Å². The fourth-order valence-electron chi connectivity index (χ4n) is 2.52. The van der Waals surface area contributed by atoms with Gasteiger partial charge in [0.05, 0.1) is 5.75 Å². The van der Waals surface area contributed by atoms with Gasteiger partial charge >= 0.3 is 0 Å². The summed E-state index contributed by atoms with van der Waals surface area (Å²) < 4.78 is 20.3. The zero-order valence-electron chi connectivity index (χ0n) is 14.0. The number of aromatic nitrogens is 4. The number of halogens is 1. The Morgan fingerprint density at radius 2 is 2.00 bits per heavy atom. The van der Waals surface area contributed by atoms with Crippen LogP contribution in [0.15, 0.2) is 70.6 Å². The van der Waals surface area contributed by atoms with E-state index in [9.17, 15) is 4.39 Å². The highest BCUT2D eigenvalue weighted by molar-refractivity contribution is 7.98. The van der Waals surface area contributed by atoms with Gasteiger partial charge in [-0.15, -0.1) is 0 Å². The third kappa shape index (κ3) is 3.52. The van der Waals surface area contributed by atoms with Crippen LogP contribution in [0.4, 0.5) is 4.39 Å². The molecule has 2 aromatic heterocycles. The van der Waals surface area contributed by atoms with Gasteiger partial charge in [-0.25, -0.2) is 9.37 Å². The predicted octanol–water partition coefficient (Wildman–Crippen LogP) is 4.66. The molecule has 0 atom stereocenters. The average Bonchev–Trinajstić information content (AvgIpc) is 3.30. The Morgan fingerprint density at radius 1 is 1.15 bits per heavy atom. The summed E-state index contributed by atoms with van der Waals surface area (Å²) in [4.78, 5) is 8.78. The first-order chi connectivity index (χ1) is 12.7. The average molecular weight is 366 g/mol. The molecule has 0 amide bonds. The maximum atomic E-state index is 13.0. The Balaban J connectivity index is 1.49. The van der Waals surface area contributed by atoms with E-state index in [2.05, 4.69) is 34.2 Å². The number of imidazole rings is 1. The molecule has 0 fully saturated rings. The molecule has 0 saturated heterocycles. The van der Waals surface area contributed by atoms with E-state index >= 15 is 0 Å². The van der Waals surface area contributed by atoms with E-state index in [-0.39, 0.29) is 5.82 Å². The van der Waals surface area contributed by atoms with E-state index in [1.54, 1.807) is 18.3 Å². The molecule has 0 unspecified atom stereocenters. The van der Waals surface area contributed by atoms with Crippen molar-refractivity contribution in [2.24, 2.45) is 0 Å². The van der Waals surface area contributed by atoms with Crippen LogP contribution in [0, 0.1) is 12.7 Å². The fourth-order valence-corrected chi connectivity index (χ4v) is 3.34. The third-order valence-corrected chi connectivity index (χ3v) is 4.74. The van der Waals surface area contributed by atoms with Gasteiger partial charge in [-0.3, -0.25) is 4.57 Å². The summed E-state index contributed by atoms with van der Waals surface area (Å²) in [7, 11) is 0. The van der Waals surface area contributed by atoms with Gasteiger partial charge in [-0.2, -0.15) is 4.98 Å². The number of thioether (sulfide) groups is 1. The Labute approximate surface area is 153 Å². The molecule has 2 heterocycles. The molecule has 0 saturated carbocycles. The molecular weight excluding hydrogens is 351 g/mol. The first kappa shape index (κ1) is 16.5. The van der Waals surface area contributed by atoms with E-state index in [0.717, 1.165) is 10.8 Å². The maximum Gasteiger partial charge on any atom is 0.257 e. The van der Waals surface area contributed by atoms with Crippen LogP contribution < -0.4 is 0 Å². The van der Waals surface area contributed by atoms with Crippen molar-refractivity contribution in [3.05, 3.63) is 78.1 Å². The van der Waals surface area contributed by atoms with Crippen molar-refractivity contribution < 1.29 is 8.91 Å². The fraction of sp³-hybridized carbons (Fsp3) is 0.105. The van der Waals surface area contributed by atoms with Crippen LogP contribution in [0.3, 0.4) is 0 Å². The molecule has 7 heteroatoms. The number of hydrogen-bond donors (Lipinski definition) is 0. The van der Waals surface area contributed by atoms with Crippen LogP contribution in [0.2, 0.25) is 0 Å². The molecule has 4 rings (SSSR count). The normalized spacial score (nSPS) is 11.0. The molecule has 0 N–H and O–H groups in total. The van der Waals surface area contributed by atoms with Crippen molar-refractivity contribution in [3.8, 4) is 17.1 Å². The summed E-state index contributed by atoms with van der Waals surface area (Å²) >= 11 is 1.53. The standard InChI is InChI=1S/C19H15FN4OS/c1-13-3-2-4-16(11-13)24-10-9-21-19(24)26-12-17-22-18(25-23-17)14-5-7-15(20)8-6-14/h2-11H,12H2,1H3. The predicted molar refractivity (Wildman–Crippen MR) is 97.6 cm³/mol. The van der Waals surface area contributed by atoms with Crippen LogP contribution in [-0.4, -0.2) is 19.7 Å². The van der Waals surface area contributed by atoms with E-state index in [1.807, 2.05) is 22.9 Å². The van der Waals surface area contributed by atoms with Gasteiger partial charge in [-0.05, 0) is 48.9 Å². The lowest BCUT2D eigenvalue weighted by Gasteiger charge is -2.07. The Bertz CT molecular complexity index is 1030. The number of rotatable bonds is 5. The highest BCUT2D eigenvalue weighted by Crippen LogP contribution is 2.25. The SMILES string of the molecule is Cc1cccc(-n2ccnc2SCc2noc(-c3ccc(F)cc3)n2)c1. The summed E-state index contributed by atoms with van der Waals surface area (Å²) in [5.41, 5.74) is 2.94. The minimum absolute atomic E-state index is 0.299. The van der Waals surface area contributed by atoms with Crippen LogP contribution in [0.25, 0.3) is 17.1 Å². The summed E-state index contributed by atoms with van der Waals surface area (Å²) in [5, 5.41) is 4.84. The highest BCUT2D eigenvalue weighted by atomic mass is 32.2. The molecule has 2 aromatic carbocycles. The van der Waals surface area contributed by atoms with Crippen molar-refractivity contribution in [1.29, 1.82) is 0 Å². The van der Waals surface area contributed by atoms with Crippen LogP contribution >= 0.6 is 11.8 Å². The lowest BCUT2D eigenvalue weighted by Crippen LogP contribution is -1.96. The lowest BCUT2D eigenvalue weighted by molar-refractivity contribution is 0.425. The Morgan fingerprint density at radius 3 is 2.81 bits per heavy atom. The molecule has 0 aliphatic carbocycles. The van der Waals surface area contributed by atoms with Crippen molar-refractivity contribution in [2.75, 3.05) is 0 Å². The first-order valence-corrected chi connectivity index (χ1v) is 8.99. The monoisotopic (exact) mass is 366 g/mol. The van der Waals surface area contributed by atoms with Crippen molar-refractivity contribution in [2.45, 2.75) is 17.8 Å².